The number of methoxy groups -OCH3 is 1. The Balaban J connectivity index is 2.81. The molecule has 1 aliphatic heterocycles. The Kier molecular flexibility index (Phi) is 3.36. The molecule has 0 aromatic heterocycles. The van der Waals surface area contributed by atoms with Crippen LogP contribution in [0.1, 0.15) is 6.92 Å². The molecule has 0 aromatic carbocycles. The van der Waals surface area contributed by atoms with Gasteiger partial charge in [-0.3, -0.25) is 0 Å². The molecule has 1 aliphatic rings. The highest BCUT2D eigenvalue weighted by Gasteiger charge is 2.13. The molecule has 0 aromatic rings. The van der Waals surface area contributed by atoms with Crippen molar-refractivity contribution in [3.05, 3.63) is 22.7 Å². The lowest BCUT2D eigenvalue weighted by atomic mass is 10.4. The van der Waals surface area contributed by atoms with Crippen LogP contribution < -0.4 is 5.73 Å². The molecule has 0 spiro atoms. The van der Waals surface area contributed by atoms with Crippen molar-refractivity contribution in [2.24, 2.45) is 10.7 Å². The summed E-state index contributed by atoms with van der Waals surface area (Å²) in [6.45, 7) is 2.54. The fraction of sp³-hybridized carbons (Fsp3) is 0.375. The van der Waals surface area contributed by atoms with Gasteiger partial charge in [0.05, 0.1) is 13.7 Å². The Morgan fingerprint density at radius 1 is 1.85 bits per heavy atom. The average molecular weight is 246 g/mol. The summed E-state index contributed by atoms with van der Waals surface area (Å²) in [5.74, 6) is 0.663. The van der Waals surface area contributed by atoms with Crippen molar-refractivity contribution in [1.82, 2.24) is 4.90 Å². The fourth-order valence-electron chi connectivity index (χ4n) is 0.936. The third kappa shape index (κ3) is 2.48. The van der Waals surface area contributed by atoms with Crippen molar-refractivity contribution >= 4 is 21.8 Å². The monoisotopic (exact) mass is 245 g/mol. The third-order valence-corrected chi connectivity index (χ3v) is 2.11. The summed E-state index contributed by atoms with van der Waals surface area (Å²) in [5.41, 5.74) is 6.37. The molecule has 2 N–H and O–H groups in total. The van der Waals surface area contributed by atoms with Gasteiger partial charge in [0.1, 0.15) is 4.61 Å². The Labute approximate surface area is 85.9 Å². The topological polar surface area (TPSA) is 50.8 Å². The highest BCUT2D eigenvalue weighted by Crippen LogP contribution is 2.17. The van der Waals surface area contributed by atoms with E-state index in [9.17, 15) is 0 Å². The van der Waals surface area contributed by atoms with Crippen molar-refractivity contribution in [3.8, 4) is 0 Å². The van der Waals surface area contributed by atoms with E-state index in [1.807, 2.05) is 18.0 Å². The maximum absolute atomic E-state index is 5.41. The van der Waals surface area contributed by atoms with Crippen LogP contribution in [0.25, 0.3) is 0 Å². The first-order valence-corrected chi connectivity index (χ1v) is 4.60. The molecular formula is C8H12BrN3O. The second kappa shape index (κ2) is 4.32. The molecule has 0 bridgehead atoms. The quantitative estimate of drug-likeness (QED) is 0.711. The normalized spacial score (nSPS) is 18.1. The SMILES string of the molecule is COC1=NC(Br)=CN(/C(C)=C\N)C1. The Morgan fingerprint density at radius 2 is 2.54 bits per heavy atom. The largest absolute Gasteiger partial charge is 0.483 e. The van der Waals surface area contributed by atoms with E-state index in [-0.39, 0.29) is 0 Å². The fourth-order valence-corrected chi connectivity index (χ4v) is 1.38. The number of nitrogens with two attached hydrogens (primary N) is 1. The van der Waals surface area contributed by atoms with Crippen LogP contribution in [0.15, 0.2) is 27.7 Å². The van der Waals surface area contributed by atoms with Gasteiger partial charge in [-0.2, -0.15) is 0 Å². The van der Waals surface area contributed by atoms with Crippen molar-refractivity contribution in [2.75, 3.05) is 13.7 Å². The summed E-state index contributed by atoms with van der Waals surface area (Å²) in [7, 11) is 1.60. The van der Waals surface area contributed by atoms with Crippen molar-refractivity contribution in [1.29, 1.82) is 0 Å². The third-order valence-electron chi connectivity index (χ3n) is 1.73. The Hall–Kier alpha value is -0.970. The lowest BCUT2D eigenvalue weighted by molar-refractivity contribution is 0.364. The summed E-state index contributed by atoms with van der Waals surface area (Å²) >= 11 is 3.29. The smallest absolute Gasteiger partial charge is 0.209 e. The van der Waals surface area contributed by atoms with Gasteiger partial charge >= 0.3 is 0 Å². The molecule has 72 valence electrons. The highest BCUT2D eigenvalue weighted by molar-refractivity contribution is 9.11. The van der Waals surface area contributed by atoms with E-state index in [1.54, 1.807) is 13.3 Å². The van der Waals surface area contributed by atoms with E-state index in [4.69, 9.17) is 10.5 Å². The molecule has 0 unspecified atom stereocenters. The van der Waals surface area contributed by atoms with E-state index in [2.05, 4.69) is 20.9 Å². The van der Waals surface area contributed by atoms with Gasteiger partial charge in [0.2, 0.25) is 5.90 Å². The van der Waals surface area contributed by atoms with Gasteiger partial charge in [-0.15, -0.1) is 0 Å². The standard InChI is InChI=1S/C8H12BrN3O/c1-6(3-10)12-4-7(9)11-8(5-12)13-2/h3-4H,5,10H2,1-2H3/b6-3-. The van der Waals surface area contributed by atoms with Gasteiger partial charge in [0.25, 0.3) is 0 Å². The second-order valence-electron chi connectivity index (χ2n) is 2.60. The minimum absolute atomic E-state index is 0.616. The average Bonchev–Trinajstić information content (AvgIpc) is 2.15. The number of nitrogens with zero attached hydrogens (tertiary/aromatic N) is 2. The predicted octanol–water partition coefficient (Wildman–Crippen LogP) is 1.36. The molecule has 0 radical (unpaired) electrons. The van der Waals surface area contributed by atoms with E-state index < -0.39 is 0 Å². The van der Waals surface area contributed by atoms with Crippen LogP contribution in [0, 0.1) is 0 Å². The Morgan fingerprint density at radius 3 is 3.08 bits per heavy atom. The van der Waals surface area contributed by atoms with Crippen LogP contribution in [-0.2, 0) is 4.74 Å². The molecular weight excluding hydrogens is 234 g/mol. The van der Waals surface area contributed by atoms with E-state index in [1.165, 1.54) is 0 Å². The minimum Gasteiger partial charge on any atom is -0.483 e. The van der Waals surface area contributed by atoms with Crippen LogP contribution in [0.4, 0.5) is 0 Å². The number of hydrogen-bond acceptors (Lipinski definition) is 4. The molecule has 0 saturated heterocycles. The van der Waals surface area contributed by atoms with E-state index >= 15 is 0 Å². The van der Waals surface area contributed by atoms with Crippen molar-refractivity contribution < 1.29 is 4.74 Å². The highest BCUT2D eigenvalue weighted by atomic mass is 79.9. The predicted molar refractivity (Wildman–Crippen MR) is 56.1 cm³/mol. The van der Waals surface area contributed by atoms with Gasteiger partial charge in [-0.25, -0.2) is 4.99 Å². The maximum atomic E-state index is 5.41. The van der Waals surface area contributed by atoms with Gasteiger partial charge in [-0.05, 0) is 22.9 Å². The van der Waals surface area contributed by atoms with E-state index in [0.717, 1.165) is 10.3 Å². The van der Waals surface area contributed by atoms with Crippen LogP contribution in [0.3, 0.4) is 0 Å². The molecule has 4 nitrogen and oxygen atoms in total. The number of ether oxygens (including phenoxy) is 1. The number of halogens is 1. The first-order chi connectivity index (χ1) is 6.17. The number of allylic oxidation sites excluding steroid dienone is 1. The first-order valence-electron chi connectivity index (χ1n) is 3.81. The molecule has 5 heteroatoms. The van der Waals surface area contributed by atoms with Crippen LogP contribution >= 0.6 is 15.9 Å². The summed E-state index contributed by atoms with van der Waals surface area (Å²) in [4.78, 5) is 6.08. The summed E-state index contributed by atoms with van der Waals surface area (Å²) in [6.07, 6.45) is 3.41. The lowest BCUT2D eigenvalue weighted by Crippen LogP contribution is -2.28. The molecule has 0 saturated carbocycles. The zero-order valence-corrected chi connectivity index (χ0v) is 9.21. The molecule has 0 aliphatic carbocycles. The van der Waals surface area contributed by atoms with Gasteiger partial charge < -0.3 is 15.4 Å². The van der Waals surface area contributed by atoms with E-state index in [0.29, 0.717) is 12.4 Å². The zero-order valence-electron chi connectivity index (χ0n) is 7.62. The van der Waals surface area contributed by atoms with Gasteiger partial charge in [0, 0.05) is 18.1 Å². The molecule has 0 amide bonds. The molecule has 0 fully saturated rings. The summed E-state index contributed by atoms with van der Waals surface area (Å²) in [6, 6.07) is 0. The molecule has 13 heavy (non-hydrogen) atoms. The van der Waals surface area contributed by atoms with Crippen molar-refractivity contribution in [2.45, 2.75) is 6.92 Å². The molecule has 1 rings (SSSR count). The number of hydrogen-bond donors (Lipinski definition) is 1. The van der Waals surface area contributed by atoms with Crippen molar-refractivity contribution in [3.63, 3.8) is 0 Å². The molecule has 0 atom stereocenters. The minimum atomic E-state index is 0.616. The summed E-state index contributed by atoms with van der Waals surface area (Å²) < 4.78 is 5.79. The molecule has 1 heterocycles. The zero-order chi connectivity index (χ0) is 9.84. The number of rotatable bonds is 1. The maximum Gasteiger partial charge on any atom is 0.209 e. The van der Waals surface area contributed by atoms with Gasteiger partial charge in [-0.1, -0.05) is 0 Å². The number of aliphatic imine (C=N–C) groups is 1. The van der Waals surface area contributed by atoms with Crippen LogP contribution in [0.2, 0.25) is 0 Å². The lowest BCUT2D eigenvalue weighted by Gasteiger charge is -2.24. The Bertz CT molecular complexity index is 283. The van der Waals surface area contributed by atoms with Crippen LogP contribution in [0.5, 0.6) is 0 Å². The first kappa shape index (κ1) is 10.1. The van der Waals surface area contributed by atoms with Crippen LogP contribution in [-0.4, -0.2) is 24.5 Å². The van der Waals surface area contributed by atoms with Gasteiger partial charge in [0.15, 0.2) is 0 Å². The second-order valence-corrected chi connectivity index (χ2v) is 3.41. The summed E-state index contributed by atoms with van der Waals surface area (Å²) in [5, 5.41) is 0.